The van der Waals surface area contributed by atoms with Gasteiger partial charge in [0.25, 0.3) is 0 Å². The predicted molar refractivity (Wildman–Crippen MR) is 68.7 cm³/mol. The Bertz CT molecular complexity index is 214. The third kappa shape index (κ3) is 5.29. The van der Waals surface area contributed by atoms with Gasteiger partial charge in [-0.25, -0.2) is 0 Å². The molecule has 0 aromatic heterocycles. The molecule has 3 nitrogen and oxygen atoms in total. The summed E-state index contributed by atoms with van der Waals surface area (Å²) < 4.78 is 23.3. The maximum absolute atomic E-state index is 12.3. The Labute approximate surface area is 99.8 Å². The second-order valence-electron chi connectivity index (χ2n) is 3.81. The van der Waals surface area contributed by atoms with Crippen molar-refractivity contribution in [1.82, 2.24) is 0 Å². The smallest absolute Gasteiger partial charge is 0.302 e. The zero-order valence-electron chi connectivity index (χ0n) is 10.9. The summed E-state index contributed by atoms with van der Waals surface area (Å²) in [5.41, 5.74) is 0. The highest BCUT2D eigenvalue weighted by Crippen LogP contribution is 2.52. The van der Waals surface area contributed by atoms with Crippen LogP contribution in [0, 0.1) is 0 Å². The van der Waals surface area contributed by atoms with Crippen LogP contribution in [0.3, 0.4) is 0 Å². The van der Waals surface area contributed by atoms with E-state index in [-0.39, 0.29) is 12.2 Å². The minimum Gasteiger partial charge on any atom is -0.302 e. The normalized spacial score (nSPS) is 12.4. The molecule has 0 atom stereocenters. The quantitative estimate of drug-likeness (QED) is 0.553. The Kier molecular flexibility index (Phi) is 8.00. The lowest BCUT2D eigenvalue weighted by molar-refractivity contribution is 0.111. The molecule has 0 rings (SSSR count). The topological polar surface area (TPSA) is 35.5 Å². The fraction of sp³-hybridized carbons (Fsp3) is 0.833. The summed E-state index contributed by atoms with van der Waals surface area (Å²) in [6.07, 6.45) is 3.30. The van der Waals surface area contributed by atoms with Gasteiger partial charge in [-0.2, -0.15) is 0 Å². The van der Waals surface area contributed by atoms with E-state index < -0.39 is 7.60 Å². The molecule has 0 amide bonds. The fourth-order valence-corrected chi connectivity index (χ4v) is 3.05. The predicted octanol–water partition coefficient (Wildman–Crippen LogP) is 4.73. The van der Waals surface area contributed by atoms with Crippen LogP contribution in [0.15, 0.2) is 12.4 Å². The molecule has 16 heavy (non-hydrogen) atoms. The zero-order chi connectivity index (χ0) is 12.6. The van der Waals surface area contributed by atoms with Crippen molar-refractivity contribution in [3.05, 3.63) is 12.4 Å². The molecule has 0 bridgehead atoms. The van der Waals surface area contributed by atoms with Gasteiger partial charge in [-0.3, -0.25) is 4.57 Å². The van der Waals surface area contributed by atoms with Gasteiger partial charge in [0.2, 0.25) is 0 Å². The Morgan fingerprint density at radius 3 is 1.50 bits per heavy atom. The summed E-state index contributed by atoms with van der Waals surface area (Å²) >= 11 is 0. The molecule has 0 aliphatic rings. The highest BCUT2D eigenvalue weighted by atomic mass is 31.2. The van der Waals surface area contributed by atoms with Gasteiger partial charge >= 0.3 is 7.60 Å². The molecule has 0 unspecified atom stereocenters. The minimum atomic E-state index is -3.11. The molecular formula is C12H25O3P. The first kappa shape index (κ1) is 15.9. The van der Waals surface area contributed by atoms with Crippen LogP contribution in [0.2, 0.25) is 0 Å². The first-order valence-electron chi connectivity index (χ1n) is 6.15. The summed E-state index contributed by atoms with van der Waals surface area (Å²) in [5.74, 6) is 1.32. The summed E-state index contributed by atoms with van der Waals surface area (Å²) in [7, 11) is -3.11. The molecule has 0 fully saturated rings. The second kappa shape index (κ2) is 8.05. The Hall–Kier alpha value is -0.110. The van der Waals surface area contributed by atoms with Crippen molar-refractivity contribution < 1.29 is 13.6 Å². The monoisotopic (exact) mass is 248 g/mol. The van der Waals surface area contributed by atoms with Gasteiger partial charge < -0.3 is 9.05 Å². The zero-order valence-corrected chi connectivity index (χ0v) is 11.8. The van der Waals surface area contributed by atoms with Gasteiger partial charge in [0, 0.05) is 5.82 Å². The summed E-state index contributed by atoms with van der Waals surface area (Å²) in [4.78, 5) is 0. The highest BCUT2D eigenvalue weighted by Gasteiger charge is 2.26. The molecule has 0 aliphatic heterocycles. The SMILES string of the molecule is C=CP(=O)(OC(CC)CC)OC(CC)CC. The lowest BCUT2D eigenvalue weighted by atomic mass is 10.2. The maximum Gasteiger partial charge on any atom is 0.354 e. The first-order chi connectivity index (χ1) is 7.55. The van der Waals surface area contributed by atoms with Crippen LogP contribution >= 0.6 is 7.60 Å². The van der Waals surface area contributed by atoms with Crippen LogP contribution in [0.25, 0.3) is 0 Å². The van der Waals surface area contributed by atoms with Crippen molar-refractivity contribution in [2.75, 3.05) is 0 Å². The van der Waals surface area contributed by atoms with Crippen molar-refractivity contribution >= 4 is 7.60 Å². The molecule has 0 aromatic carbocycles. The summed E-state index contributed by atoms with van der Waals surface area (Å²) in [6.45, 7) is 11.6. The molecule has 0 saturated carbocycles. The van der Waals surface area contributed by atoms with Crippen LogP contribution in [0.5, 0.6) is 0 Å². The minimum absolute atomic E-state index is 0.0156. The van der Waals surface area contributed by atoms with E-state index in [2.05, 4.69) is 6.58 Å². The van der Waals surface area contributed by atoms with E-state index in [1.165, 1.54) is 5.82 Å². The summed E-state index contributed by atoms with van der Waals surface area (Å²) in [6, 6.07) is 0. The van der Waals surface area contributed by atoms with Gasteiger partial charge in [-0.1, -0.05) is 34.3 Å². The second-order valence-corrected chi connectivity index (χ2v) is 5.68. The van der Waals surface area contributed by atoms with Crippen LogP contribution in [-0.4, -0.2) is 12.2 Å². The largest absolute Gasteiger partial charge is 0.354 e. The molecule has 4 heteroatoms. The molecule has 0 radical (unpaired) electrons. The lowest BCUT2D eigenvalue weighted by Gasteiger charge is -2.24. The number of hydrogen-bond donors (Lipinski definition) is 0. The van der Waals surface area contributed by atoms with E-state index in [1.54, 1.807) is 0 Å². The average Bonchev–Trinajstić information content (AvgIpc) is 2.33. The van der Waals surface area contributed by atoms with E-state index in [9.17, 15) is 4.57 Å². The van der Waals surface area contributed by atoms with Crippen LogP contribution < -0.4 is 0 Å². The highest BCUT2D eigenvalue weighted by molar-refractivity contribution is 7.57. The first-order valence-corrected chi connectivity index (χ1v) is 7.76. The summed E-state index contributed by atoms with van der Waals surface area (Å²) in [5, 5.41) is 0. The lowest BCUT2D eigenvalue weighted by Crippen LogP contribution is -2.13. The molecule has 0 spiro atoms. The Morgan fingerprint density at radius 2 is 1.31 bits per heavy atom. The molecule has 0 heterocycles. The van der Waals surface area contributed by atoms with Gasteiger partial charge in [0.1, 0.15) is 0 Å². The van der Waals surface area contributed by atoms with E-state index in [0.29, 0.717) is 0 Å². The van der Waals surface area contributed by atoms with Crippen molar-refractivity contribution in [2.45, 2.75) is 65.6 Å². The molecule has 0 N–H and O–H groups in total. The Morgan fingerprint density at radius 1 is 1.00 bits per heavy atom. The fourth-order valence-electron chi connectivity index (χ4n) is 1.40. The number of hydrogen-bond acceptors (Lipinski definition) is 3. The van der Waals surface area contributed by atoms with E-state index in [0.717, 1.165) is 25.7 Å². The third-order valence-corrected chi connectivity index (χ3v) is 4.27. The molecule has 96 valence electrons. The molecule has 0 aliphatic carbocycles. The molecular weight excluding hydrogens is 223 g/mol. The van der Waals surface area contributed by atoms with Crippen LogP contribution in [0.1, 0.15) is 53.4 Å². The van der Waals surface area contributed by atoms with Gasteiger partial charge in [0.05, 0.1) is 12.2 Å². The van der Waals surface area contributed by atoms with Crippen molar-refractivity contribution in [1.29, 1.82) is 0 Å². The van der Waals surface area contributed by atoms with Crippen LogP contribution in [-0.2, 0) is 13.6 Å². The molecule has 0 aromatic rings. The van der Waals surface area contributed by atoms with Crippen molar-refractivity contribution in [2.24, 2.45) is 0 Å². The van der Waals surface area contributed by atoms with Crippen molar-refractivity contribution in [3.8, 4) is 0 Å². The van der Waals surface area contributed by atoms with E-state index in [1.807, 2.05) is 27.7 Å². The van der Waals surface area contributed by atoms with Crippen LogP contribution in [0.4, 0.5) is 0 Å². The van der Waals surface area contributed by atoms with Gasteiger partial charge in [-0.15, -0.1) is 0 Å². The van der Waals surface area contributed by atoms with Crippen molar-refractivity contribution in [3.63, 3.8) is 0 Å². The Balaban J connectivity index is 4.52. The average molecular weight is 248 g/mol. The van der Waals surface area contributed by atoms with E-state index >= 15 is 0 Å². The van der Waals surface area contributed by atoms with E-state index in [4.69, 9.17) is 9.05 Å². The third-order valence-electron chi connectivity index (χ3n) is 2.64. The number of rotatable bonds is 9. The molecule has 0 saturated heterocycles. The maximum atomic E-state index is 12.3. The standard InChI is InChI=1S/C12H25O3P/c1-6-11(7-2)14-16(13,10-5)15-12(8-3)9-4/h10-12H,5-9H2,1-4H3. The van der Waals surface area contributed by atoms with Gasteiger partial charge in [-0.05, 0) is 25.7 Å². The van der Waals surface area contributed by atoms with Gasteiger partial charge in [0.15, 0.2) is 0 Å².